The summed E-state index contributed by atoms with van der Waals surface area (Å²) in [6, 6.07) is 6.88. The molecule has 3 N–H and O–H groups in total. The summed E-state index contributed by atoms with van der Waals surface area (Å²) in [5.74, 6) is 0.0585. The lowest BCUT2D eigenvalue weighted by Crippen LogP contribution is -2.23. The molecule has 0 spiro atoms. The maximum atomic E-state index is 11.0. The lowest BCUT2D eigenvalue weighted by molar-refractivity contribution is -0.133. The number of carbonyl (C=O) groups excluding carboxylic acids is 1. The Balaban J connectivity index is 2.63. The number of benzene rings is 1. The summed E-state index contributed by atoms with van der Waals surface area (Å²) < 4.78 is 4.96. The third-order valence-corrected chi connectivity index (χ3v) is 1.46. The van der Waals surface area contributed by atoms with Gasteiger partial charge in [-0.15, -0.1) is 0 Å². The minimum Gasteiger partial charge on any atom is -0.423 e. The second-order valence-corrected chi connectivity index (χ2v) is 2.54. The van der Waals surface area contributed by atoms with E-state index in [1.165, 1.54) is 0 Å². The zero-order valence-corrected chi connectivity index (χ0v) is 7.41. The molecule has 0 aliphatic carbocycles. The lowest BCUT2D eigenvalue weighted by Gasteiger charge is -2.05. The van der Waals surface area contributed by atoms with Gasteiger partial charge in [-0.25, -0.2) is 0 Å². The molecule has 1 rings (SSSR count). The van der Waals surface area contributed by atoms with Crippen LogP contribution in [0.4, 0.5) is 5.69 Å². The summed E-state index contributed by atoms with van der Waals surface area (Å²) in [6.45, 7) is 0.175. The largest absolute Gasteiger partial charge is 0.423 e. The van der Waals surface area contributed by atoms with E-state index in [9.17, 15) is 4.79 Å². The molecule has 0 bridgehead atoms. The SMILES string of the molecule is CNCC(=O)Oc1ccccc1N. The molecule has 4 nitrogen and oxygen atoms in total. The predicted octanol–water partition coefficient (Wildman–Crippen LogP) is 0.394. The number of nitrogens with two attached hydrogens (primary N) is 1. The van der Waals surface area contributed by atoms with Crippen LogP contribution >= 0.6 is 0 Å². The van der Waals surface area contributed by atoms with Crippen LogP contribution < -0.4 is 15.8 Å². The Bertz CT molecular complexity index is 299. The minimum absolute atomic E-state index is 0.175. The molecular weight excluding hydrogens is 168 g/mol. The van der Waals surface area contributed by atoms with Crippen LogP contribution in [0.25, 0.3) is 0 Å². The molecule has 0 fully saturated rings. The van der Waals surface area contributed by atoms with Crippen LogP contribution in [-0.4, -0.2) is 19.6 Å². The number of hydrogen-bond acceptors (Lipinski definition) is 4. The number of anilines is 1. The summed E-state index contributed by atoms with van der Waals surface area (Å²) in [5, 5.41) is 2.69. The highest BCUT2D eigenvalue weighted by atomic mass is 16.5. The van der Waals surface area contributed by atoms with Crippen LogP contribution in [0.3, 0.4) is 0 Å². The number of carbonyl (C=O) groups is 1. The van der Waals surface area contributed by atoms with Gasteiger partial charge in [0, 0.05) is 0 Å². The summed E-state index contributed by atoms with van der Waals surface area (Å²) in [6.07, 6.45) is 0. The molecule has 0 saturated heterocycles. The monoisotopic (exact) mass is 180 g/mol. The first kappa shape index (κ1) is 9.54. The number of ether oxygens (including phenoxy) is 1. The second-order valence-electron chi connectivity index (χ2n) is 2.54. The first-order valence-electron chi connectivity index (χ1n) is 3.94. The normalized spacial score (nSPS) is 9.62. The van der Waals surface area contributed by atoms with Crippen molar-refractivity contribution in [3.63, 3.8) is 0 Å². The van der Waals surface area contributed by atoms with Gasteiger partial charge < -0.3 is 15.8 Å². The average Bonchev–Trinajstić information content (AvgIpc) is 2.09. The molecule has 0 atom stereocenters. The molecule has 0 amide bonds. The maximum Gasteiger partial charge on any atom is 0.325 e. The van der Waals surface area contributed by atoms with Crippen molar-refractivity contribution in [2.45, 2.75) is 0 Å². The molecule has 4 heteroatoms. The number of hydrogen-bond donors (Lipinski definition) is 2. The van der Waals surface area contributed by atoms with Crippen molar-refractivity contribution in [1.29, 1.82) is 0 Å². The molecule has 0 aromatic heterocycles. The van der Waals surface area contributed by atoms with E-state index in [4.69, 9.17) is 10.5 Å². The zero-order valence-electron chi connectivity index (χ0n) is 7.41. The van der Waals surface area contributed by atoms with Crippen LogP contribution in [0.15, 0.2) is 24.3 Å². The topological polar surface area (TPSA) is 64.3 Å². The fourth-order valence-corrected chi connectivity index (χ4v) is 0.877. The first-order chi connectivity index (χ1) is 6.24. The summed E-state index contributed by atoms with van der Waals surface area (Å²) >= 11 is 0. The molecule has 70 valence electrons. The van der Waals surface area contributed by atoms with Crippen LogP contribution in [-0.2, 0) is 4.79 Å². The Morgan fingerprint density at radius 2 is 2.23 bits per heavy atom. The number of nitrogens with one attached hydrogen (secondary N) is 1. The highest BCUT2D eigenvalue weighted by Crippen LogP contribution is 2.19. The predicted molar refractivity (Wildman–Crippen MR) is 50.4 cm³/mol. The van der Waals surface area contributed by atoms with Gasteiger partial charge in [-0.05, 0) is 19.2 Å². The first-order valence-corrected chi connectivity index (χ1v) is 3.94. The van der Waals surface area contributed by atoms with Gasteiger partial charge in [0.15, 0.2) is 5.75 Å². The highest BCUT2D eigenvalue weighted by Gasteiger charge is 2.04. The van der Waals surface area contributed by atoms with Gasteiger partial charge >= 0.3 is 5.97 Å². The molecule has 1 aromatic carbocycles. The smallest absolute Gasteiger partial charge is 0.325 e. The molecule has 0 radical (unpaired) electrons. The Morgan fingerprint density at radius 1 is 1.54 bits per heavy atom. The van der Waals surface area contributed by atoms with Gasteiger partial charge in [0.05, 0.1) is 12.2 Å². The lowest BCUT2D eigenvalue weighted by atomic mass is 10.3. The van der Waals surface area contributed by atoms with Crippen LogP contribution in [0.1, 0.15) is 0 Å². The Labute approximate surface area is 76.7 Å². The highest BCUT2D eigenvalue weighted by molar-refractivity contribution is 5.76. The van der Waals surface area contributed by atoms with Crippen LogP contribution in [0, 0.1) is 0 Å². The molecule has 0 unspecified atom stereocenters. The number of nitrogen functional groups attached to an aromatic ring is 1. The standard InChI is InChI=1S/C9H12N2O2/c1-11-6-9(12)13-8-5-3-2-4-7(8)10/h2-5,11H,6,10H2,1H3. The third-order valence-electron chi connectivity index (χ3n) is 1.46. The Hall–Kier alpha value is -1.55. The fraction of sp³-hybridized carbons (Fsp3) is 0.222. The third kappa shape index (κ3) is 2.76. The average molecular weight is 180 g/mol. The molecule has 0 saturated carbocycles. The molecule has 0 aliphatic heterocycles. The summed E-state index contributed by atoms with van der Waals surface area (Å²) in [7, 11) is 1.68. The van der Waals surface area contributed by atoms with Crippen molar-refractivity contribution in [3.8, 4) is 5.75 Å². The van der Waals surface area contributed by atoms with E-state index in [1.807, 2.05) is 0 Å². The maximum absolute atomic E-state index is 11.0. The van der Waals surface area contributed by atoms with Gasteiger partial charge in [-0.1, -0.05) is 12.1 Å². The van der Waals surface area contributed by atoms with Gasteiger partial charge in [0.25, 0.3) is 0 Å². The number of para-hydroxylation sites is 2. The quantitative estimate of drug-likeness (QED) is 0.401. The van der Waals surface area contributed by atoms with Crippen molar-refractivity contribution in [2.24, 2.45) is 0 Å². The van der Waals surface area contributed by atoms with Gasteiger partial charge in [-0.3, -0.25) is 4.79 Å². The van der Waals surface area contributed by atoms with Crippen molar-refractivity contribution in [1.82, 2.24) is 5.32 Å². The van der Waals surface area contributed by atoms with Crippen LogP contribution in [0.2, 0.25) is 0 Å². The second kappa shape index (κ2) is 4.47. The van der Waals surface area contributed by atoms with Crippen molar-refractivity contribution in [3.05, 3.63) is 24.3 Å². The molecule has 13 heavy (non-hydrogen) atoms. The Morgan fingerprint density at radius 3 is 2.85 bits per heavy atom. The van der Waals surface area contributed by atoms with E-state index in [1.54, 1.807) is 31.3 Å². The molecule has 0 heterocycles. The number of esters is 1. The molecule has 0 aliphatic rings. The summed E-state index contributed by atoms with van der Waals surface area (Å²) in [5.41, 5.74) is 6.03. The van der Waals surface area contributed by atoms with Crippen LogP contribution in [0.5, 0.6) is 5.75 Å². The van der Waals surface area contributed by atoms with E-state index in [2.05, 4.69) is 5.32 Å². The van der Waals surface area contributed by atoms with E-state index in [-0.39, 0.29) is 12.5 Å². The summed E-state index contributed by atoms with van der Waals surface area (Å²) in [4.78, 5) is 11.0. The van der Waals surface area contributed by atoms with Gasteiger partial charge in [0.1, 0.15) is 0 Å². The molecular formula is C9H12N2O2. The van der Waals surface area contributed by atoms with E-state index in [0.717, 1.165) is 0 Å². The van der Waals surface area contributed by atoms with Gasteiger partial charge in [-0.2, -0.15) is 0 Å². The van der Waals surface area contributed by atoms with E-state index >= 15 is 0 Å². The van der Waals surface area contributed by atoms with Crippen molar-refractivity contribution in [2.75, 3.05) is 19.3 Å². The van der Waals surface area contributed by atoms with E-state index in [0.29, 0.717) is 11.4 Å². The molecule has 1 aromatic rings. The Kier molecular flexibility index (Phi) is 3.28. The minimum atomic E-state index is -0.347. The van der Waals surface area contributed by atoms with E-state index < -0.39 is 0 Å². The number of rotatable bonds is 3. The van der Waals surface area contributed by atoms with Crippen molar-refractivity contribution < 1.29 is 9.53 Å². The van der Waals surface area contributed by atoms with Crippen molar-refractivity contribution >= 4 is 11.7 Å². The van der Waals surface area contributed by atoms with Gasteiger partial charge in [0.2, 0.25) is 0 Å². The zero-order chi connectivity index (χ0) is 9.68. The fourth-order valence-electron chi connectivity index (χ4n) is 0.877. The number of likely N-dealkylation sites (N-methyl/N-ethyl adjacent to an activating group) is 1.